The minimum Gasteiger partial charge on any atom is -0.485 e. The first-order valence-corrected chi connectivity index (χ1v) is 7.91. The van der Waals surface area contributed by atoms with Gasteiger partial charge in [-0.3, -0.25) is 4.79 Å². The van der Waals surface area contributed by atoms with Gasteiger partial charge in [0.15, 0.2) is 5.66 Å². The first-order chi connectivity index (χ1) is 10.9. The van der Waals surface area contributed by atoms with Crippen LogP contribution in [0.4, 0.5) is 5.69 Å². The number of rotatable bonds is 6. The van der Waals surface area contributed by atoms with Crippen LogP contribution < -0.4 is 10.1 Å². The molecule has 0 saturated heterocycles. The van der Waals surface area contributed by atoms with Gasteiger partial charge in [0.1, 0.15) is 11.4 Å². The summed E-state index contributed by atoms with van der Waals surface area (Å²) < 4.78 is 5.96. The van der Waals surface area contributed by atoms with Crippen LogP contribution in [0.25, 0.3) is 0 Å². The Morgan fingerprint density at radius 2 is 2.17 bits per heavy atom. The Morgan fingerprint density at radius 1 is 1.39 bits per heavy atom. The maximum absolute atomic E-state index is 12.2. The summed E-state index contributed by atoms with van der Waals surface area (Å²) in [4.78, 5) is 12.2. The van der Waals surface area contributed by atoms with Crippen LogP contribution in [0, 0.1) is 12.3 Å². The quantitative estimate of drug-likeness (QED) is 0.814. The lowest BCUT2D eigenvalue weighted by molar-refractivity contribution is -0.116. The fourth-order valence-corrected chi connectivity index (χ4v) is 2.91. The molecule has 0 saturated carbocycles. The molecule has 0 atom stereocenters. The molecule has 2 aliphatic rings. The van der Waals surface area contributed by atoms with E-state index in [1.54, 1.807) is 0 Å². The van der Waals surface area contributed by atoms with E-state index in [2.05, 4.69) is 21.5 Å². The molecule has 2 aliphatic heterocycles. The molecule has 0 aromatic heterocycles. The zero-order valence-corrected chi connectivity index (χ0v) is 13.6. The van der Waals surface area contributed by atoms with Crippen LogP contribution in [0.2, 0.25) is 0 Å². The molecule has 1 aromatic carbocycles. The summed E-state index contributed by atoms with van der Waals surface area (Å²) in [5, 5.41) is 11.1. The summed E-state index contributed by atoms with van der Waals surface area (Å²) in [5.41, 5.74) is 1.22. The third-order valence-electron chi connectivity index (χ3n) is 4.17. The van der Waals surface area contributed by atoms with E-state index in [0.29, 0.717) is 19.3 Å². The number of ether oxygens (including phenoxy) is 1. The molecule has 0 spiro atoms. The van der Waals surface area contributed by atoms with Crippen molar-refractivity contribution in [3.63, 3.8) is 0 Å². The van der Waals surface area contributed by atoms with Crippen molar-refractivity contribution in [3.8, 4) is 18.1 Å². The topological polar surface area (TPSA) is 63.0 Å². The molecule has 0 bridgehead atoms. The predicted molar refractivity (Wildman–Crippen MR) is 88.4 cm³/mol. The largest absolute Gasteiger partial charge is 0.485 e. The molecule has 3 rings (SSSR count). The predicted octanol–water partition coefficient (Wildman–Crippen LogP) is 3.69. The highest BCUT2D eigenvalue weighted by Crippen LogP contribution is 2.41. The molecular formula is C18H21N3O2. The second kappa shape index (κ2) is 5.69. The smallest absolute Gasteiger partial charge is 0.224 e. The summed E-state index contributed by atoms with van der Waals surface area (Å²) in [6, 6.07) is 5.85. The van der Waals surface area contributed by atoms with Gasteiger partial charge in [-0.05, 0) is 19.9 Å². The summed E-state index contributed by atoms with van der Waals surface area (Å²) in [6.07, 6.45) is 8.43. The maximum Gasteiger partial charge on any atom is 0.224 e. The SMILES string of the molecule is C#CCCC1(CCC(=O)Nc2cccc3c2OC(C)(C)C3)N=N1. The van der Waals surface area contributed by atoms with Crippen molar-refractivity contribution in [2.24, 2.45) is 10.2 Å². The Morgan fingerprint density at radius 3 is 2.87 bits per heavy atom. The van der Waals surface area contributed by atoms with Crippen molar-refractivity contribution < 1.29 is 9.53 Å². The van der Waals surface area contributed by atoms with Crippen molar-refractivity contribution in [2.45, 2.75) is 57.2 Å². The number of para-hydroxylation sites is 1. The minimum atomic E-state index is -0.416. The summed E-state index contributed by atoms with van der Waals surface area (Å²) in [7, 11) is 0. The lowest BCUT2D eigenvalue weighted by atomic mass is 10.0. The normalized spacial score (nSPS) is 18.7. The first-order valence-electron chi connectivity index (χ1n) is 7.91. The van der Waals surface area contributed by atoms with Gasteiger partial charge in [0, 0.05) is 37.7 Å². The number of nitrogens with zero attached hydrogens (tertiary/aromatic N) is 2. The highest BCUT2D eigenvalue weighted by atomic mass is 16.5. The Kier molecular flexibility index (Phi) is 3.85. The number of carbonyl (C=O) groups is 1. The number of nitrogens with one attached hydrogen (secondary N) is 1. The van der Waals surface area contributed by atoms with Crippen molar-refractivity contribution in [3.05, 3.63) is 23.8 Å². The van der Waals surface area contributed by atoms with Gasteiger partial charge in [-0.2, -0.15) is 10.2 Å². The molecule has 120 valence electrons. The van der Waals surface area contributed by atoms with Crippen LogP contribution in [-0.4, -0.2) is 17.2 Å². The van der Waals surface area contributed by atoms with Crippen molar-refractivity contribution in [1.29, 1.82) is 0 Å². The van der Waals surface area contributed by atoms with Gasteiger partial charge >= 0.3 is 0 Å². The summed E-state index contributed by atoms with van der Waals surface area (Å²) in [6.45, 7) is 4.09. The van der Waals surface area contributed by atoms with Crippen LogP contribution in [0.15, 0.2) is 28.4 Å². The van der Waals surface area contributed by atoms with Gasteiger partial charge in [-0.25, -0.2) is 0 Å². The Labute approximate surface area is 136 Å². The summed E-state index contributed by atoms with van der Waals surface area (Å²) >= 11 is 0. The number of amides is 1. The number of fused-ring (bicyclic) bond motifs is 1. The second-order valence-electron chi connectivity index (χ2n) is 6.77. The molecule has 5 heteroatoms. The molecule has 0 aliphatic carbocycles. The van der Waals surface area contributed by atoms with Gasteiger partial charge < -0.3 is 10.1 Å². The van der Waals surface area contributed by atoms with E-state index in [1.807, 2.05) is 32.0 Å². The Hall–Kier alpha value is -2.35. The fraction of sp³-hybridized carbons (Fsp3) is 0.500. The molecule has 1 amide bonds. The standard InChI is InChI=1S/C18H21N3O2/c1-4-5-10-18(20-21-18)11-9-15(22)19-14-8-6-7-13-12-17(2,3)23-16(13)14/h1,6-8H,5,9-12H2,2-3H3,(H,19,22). The van der Waals surface area contributed by atoms with E-state index < -0.39 is 5.66 Å². The molecule has 0 radical (unpaired) electrons. The average Bonchev–Trinajstić information content (AvgIpc) is 3.19. The van der Waals surface area contributed by atoms with Gasteiger partial charge in [0.2, 0.25) is 5.91 Å². The Bertz CT molecular complexity index is 695. The van der Waals surface area contributed by atoms with Crippen molar-refractivity contribution >= 4 is 11.6 Å². The number of carbonyl (C=O) groups excluding carboxylic acids is 1. The number of terminal acetylenes is 1. The third-order valence-corrected chi connectivity index (χ3v) is 4.17. The fourth-order valence-electron chi connectivity index (χ4n) is 2.91. The monoisotopic (exact) mass is 311 g/mol. The summed E-state index contributed by atoms with van der Waals surface area (Å²) in [5.74, 6) is 3.32. The van der Waals surface area contributed by atoms with Crippen LogP contribution in [0.1, 0.15) is 45.1 Å². The third kappa shape index (κ3) is 3.53. The highest BCUT2D eigenvalue weighted by molar-refractivity contribution is 5.92. The van der Waals surface area contributed by atoms with Crippen LogP contribution in [0.5, 0.6) is 5.75 Å². The van der Waals surface area contributed by atoms with Gasteiger partial charge in [0.05, 0.1) is 5.69 Å². The molecule has 23 heavy (non-hydrogen) atoms. The molecule has 1 aromatic rings. The average molecular weight is 311 g/mol. The second-order valence-corrected chi connectivity index (χ2v) is 6.77. The molecule has 0 fully saturated rings. The van der Waals surface area contributed by atoms with Gasteiger partial charge in [-0.1, -0.05) is 12.1 Å². The molecule has 2 heterocycles. The van der Waals surface area contributed by atoms with Crippen LogP contribution in [0.3, 0.4) is 0 Å². The Balaban J connectivity index is 1.58. The number of hydrogen-bond acceptors (Lipinski definition) is 4. The van der Waals surface area contributed by atoms with E-state index in [4.69, 9.17) is 11.2 Å². The number of benzene rings is 1. The number of anilines is 1. The zero-order chi connectivity index (χ0) is 16.5. The zero-order valence-electron chi connectivity index (χ0n) is 13.6. The van der Waals surface area contributed by atoms with Gasteiger partial charge in [0.25, 0.3) is 0 Å². The van der Waals surface area contributed by atoms with E-state index in [-0.39, 0.29) is 11.5 Å². The van der Waals surface area contributed by atoms with Crippen LogP contribution >= 0.6 is 0 Å². The lowest BCUT2D eigenvalue weighted by Crippen LogP contribution is -2.25. The molecule has 5 nitrogen and oxygen atoms in total. The van der Waals surface area contributed by atoms with E-state index in [9.17, 15) is 4.79 Å². The van der Waals surface area contributed by atoms with E-state index >= 15 is 0 Å². The van der Waals surface area contributed by atoms with Crippen LogP contribution in [-0.2, 0) is 11.2 Å². The molecular weight excluding hydrogens is 290 g/mol. The van der Waals surface area contributed by atoms with Crippen molar-refractivity contribution in [2.75, 3.05) is 5.32 Å². The lowest BCUT2D eigenvalue weighted by Gasteiger charge is -2.18. The van der Waals surface area contributed by atoms with Crippen molar-refractivity contribution in [1.82, 2.24) is 0 Å². The van der Waals surface area contributed by atoms with E-state index in [0.717, 1.165) is 29.8 Å². The van der Waals surface area contributed by atoms with Gasteiger partial charge in [-0.15, -0.1) is 12.3 Å². The molecule has 0 unspecified atom stereocenters. The minimum absolute atomic E-state index is 0.0518. The van der Waals surface area contributed by atoms with E-state index in [1.165, 1.54) is 0 Å². The molecule has 1 N–H and O–H groups in total. The number of hydrogen-bond donors (Lipinski definition) is 1. The highest BCUT2D eigenvalue weighted by Gasteiger charge is 2.39. The first kappa shape index (κ1) is 15.5. The maximum atomic E-state index is 12.2.